The molecule has 2 amide bonds. The van der Waals surface area contributed by atoms with E-state index >= 15 is 0 Å². The molecule has 8 nitrogen and oxygen atoms in total. The molecule has 0 bridgehead atoms. The summed E-state index contributed by atoms with van der Waals surface area (Å²) < 4.78 is 12.0. The number of aromatic nitrogens is 1. The quantitative estimate of drug-likeness (QED) is 0.502. The molecule has 9 heteroatoms. The van der Waals surface area contributed by atoms with Crippen molar-refractivity contribution in [1.29, 1.82) is 0 Å². The van der Waals surface area contributed by atoms with Gasteiger partial charge in [-0.05, 0) is 52.5 Å². The fourth-order valence-corrected chi connectivity index (χ4v) is 3.98. The van der Waals surface area contributed by atoms with Gasteiger partial charge in [-0.2, -0.15) is 0 Å². The normalized spacial score (nSPS) is 22.2. The van der Waals surface area contributed by atoms with E-state index in [1.165, 1.54) is 0 Å². The smallest absolute Gasteiger partial charge is 0.465 e. The number of nitrogens with one attached hydrogen (secondary N) is 2. The molecule has 3 N–H and O–H groups in total. The fourth-order valence-electron chi connectivity index (χ4n) is 3.98. The lowest BCUT2D eigenvalue weighted by Gasteiger charge is -2.32. The maximum absolute atomic E-state index is 12.8. The molecule has 1 aliphatic heterocycles. The van der Waals surface area contributed by atoms with Crippen molar-refractivity contribution in [2.24, 2.45) is 5.92 Å². The molecule has 2 fully saturated rings. The number of carboxylic acid groups (broad SMARTS) is 1. The van der Waals surface area contributed by atoms with E-state index in [2.05, 4.69) is 15.6 Å². The number of hydrogen-bond donors (Lipinski definition) is 3. The van der Waals surface area contributed by atoms with Gasteiger partial charge < -0.3 is 25.0 Å². The van der Waals surface area contributed by atoms with Gasteiger partial charge in [-0.3, -0.25) is 4.79 Å². The van der Waals surface area contributed by atoms with Crippen molar-refractivity contribution in [1.82, 2.24) is 10.3 Å². The number of anilines is 1. The first-order valence-electron chi connectivity index (χ1n) is 10.7. The molecule has 0 unspecified atom stereocenters. The Balaban J connectivity index is 1.67. The summed E-state index contributed by atoms with van der Waals surface area (Å²) in [5.74, 6) is -0.0149. The van der Waals surface area contributed by atoms with Crippen LogP contribution in [0.5, 0.6) is 0 Å². The zero-order chi connectivity index (χ0) is 21.9. The molecule has 2 heterocycles. The molecule has 30 heavy (non-hydrogen) atoms. The highest BCUT2D eigenvalue weighted by atomic mass is 16.7. The summed E-state index contributed by atoms with van der Waals surface area (Å²) in [6.45, 7) is 7.94. The summed E-state index contributed by atoms with van der Waals surface area (Å²) in [6, 6.07) is 2.70. The SMILES string of the molecule is CC1(C)OB(c2ccc(NC(=O)[C@@H](NC(=O)O)C3CCCCCC3)nc2)OC1(C)C. The summed E-state index contributed by atoms with van der Waals surface area (Å²) in [6.07, 6.45) is 6.37. The lowest BCUT2D eigenvalue weighted by molar-refractivity contribution is -0.119. The van der Waals surface area contributed by atoms with E-state index in [1.54, 1.807) is 18.3 Å². The number of carbonyl (C=O) groups is 2. The van der Waals surface area contributed by atoms with E-state index in [0.29, 0.717) is 5.82 Å². The third-order valence-corrected chi connectivity index (χ3v) is 6.50. The van der Waals surface area contributed by atoms with Gasteiger partial charge in [0.1, 0.15) is 11.9 Å². The Morgan fingerprint density at radius 3 is 2.20 bits per heavy atom. The molecule has 0 radical (unpaired) electrons. The molecule has 1 saturated carbocycles. The second-order valence-electron chi connectivity index (χ2n) is 9.23. The molecule has 1 aromatic rings. The predicted octanol–water partition coefficient (Wildman–Crippen LogP) is 2.93. The maximum Gasteiger partial charge on any atom is 0.496 e. The second-order valence-corrected chi connectivity index (χ2v) is 9.23. The molecule has 1 aliphatic carbocycles. The first-order chi connectivity index (χ1) is 14.1. The zero-order valence-electron chi connectivity index (χ0n) is 18.2. The lowest BCUT2D eigenvalue weighted by Crippen LogP contribution is -2.48. The van der Waals surface area contributed by atoms with Crippen LogP contribution in [0, 0.1) is 5.92 Å². The second kappa shape index (κ2) is 8.94. The molecule has 164 valence electrons. The predicted molar refractivity (Wildman–Crippen MR) is 115 cm³/mol. The Hall–Kier alpha value is -2.13. The Morgan fingerprint density at radius 2 is 1.70 bits per heavy atom. The molecule has 2 aliphatic rings. The standard InChI is InChI=1S/C21H32BN3O5/c1-20(2)21(3,4)30-22(29-20)15-11-12-16(23-13-15)24-18(26)17(25-19(27)28)14-9-7-5-6-8-10-14/h11-14,17,25H,5-10H2,1-4H3,(H,27,28)(H,23,24,26)/t17-/m0/s1. The van der Waals surface area contributed by atoms with E-state index in [9.17, 15) is 14.7 Å². The van der Waals surface area contributed by atoms with Gasteiger partial charge in [0.15, 0.2) is 0 Å². The van der Waals surface area contributed by atoms with Crippen LogP contribution in [0.15, 0.2) is 18.3 Å². The van der Waals surface area contributed by atoms with Gasteiger partial charge in [-0.15, -0.1) is 0 Å². The Morgan fingerprint density at radius 1 is 1.10 bits per heavy atom. The van der Waals surface area contributed by atoms with Crippen LogP contribution >= 0.6 is 0 Å². The zero-order valence-corrected chi connectivity index (χ0v) is 18.2. The third kappa shape index (κ3) is 5.13. The summed E-state index contributed by atoms with van der Waals surface area (Å²) in [4.78, 5) is 28.4. The van der Waals surface area contributed by atoms with E-state index in [-0.39, 0.29) is 11.8 Å². The van der Waals surface area contributed by atoms with E-state index in [4.69, 9.17) is 9.31 Å². The molecule has 0 spiro atoms. The topological polar surface area (TPSA) is 110 Å². The molecule has 0 aromatic carbocycles. The van der Waals surface area contributed by atoms with Crippen LogP contribution in [0.1, 0.15) is 66.2 Å². The average molecular weight is 417 g/mol. The van der Waals surface area contributed by atoms with Crippen molar-refractivity contribution < 1.29 is 24.0 Å². The van der Waals surface area contributed by atoms with Crippen LogP contribution < -0.4 is 16.1 Å². The minimum absolute atomic E-state index is 0.00683. The molecule has 1 atom stereocenters. The highest BCUT2D eigenvalue weighted by Gasteiger charge is 2.51. The molecule has 1 aromatic heterocycles. The largest absolute Gasteiger partial charge is 0.496 e. The van der Waals surface area contributed by atoms with Crippen LogP contribution in [0.2, 0.25) is 0 Å². The first-order valence-corrected chi connectivity index (χ1v) is 10.7. The number of pyridine rings is 1. The minimum Gasteiger partial charge on any atom is -0.465 e. The summed E-state index contributed by atoms with van der Waals surface area (Å²) in [7, 11) is -0.528. The molecular formula is C21H32BN3O5. The van der Waals surface area contributed by atoms with E-state index < -0.39 is 30.5 Å². The highest BCUT2D eigenvalue weighted by Crippen LogP contribution is 2.36. The van der Waals surface area contributed by atoms with Gasteiger partial charge in [0.25, 0.3) is 0 Å². The van der Waals surface area contributed by atoms with Crippen molar-refractivity contribution >= 4 is 30.4 Å². The van der Waals surface area contributed by atoms with Crippen LogP contribution in [0.4, 0.5) is 10.6 Å². The fraction of sp³-hybridized carbons (Fsp3) is 0.667. The number of carbonyl (C=O) groups excluding carboxylic acids is 1. The van der Waals surface area contributed by atoms with E-state index in [0.717, 1.165) is 44.0 Å². The highest BCUT2D eigenvalue weighted by molar-refractivity contribution is 6.62. The van der Waals surface area contributed by atoms with Crippen LogP contribution in [0.3, 0.4) is 0 Å². The van der Waals surface area contributed by atoms with Gasteiger partial charge in [-0.1, -0.05) is 31.7 Å². The van der Waals surface area contributed by atoms with Crippen molar-refractivity contribution in [3.8, 4) is 0 Å². The maximum atomic E-state index is 12.8. The minimum atomic E-state index is -1.19. The lowest BCUT2D eigenvalue weighted by atomic mass is 9.80. The summed E-state index contributed by atoms with van der Waals surface area (Å²) in [5.41, 5.74) is -0.131. The monoisotopic (exact) mass is 417 g/mol. The van der Waals surface area contributed by atoms with Gasteiger partial charge in [0.05, 0.1) is 11.2 Å². The van der Waals surface area contributed by atoms with Gasteiger partial charge >= 0.3 is 13.2 Å². The van der Waals surface area contributed by atoms with Crippen LogP contribution in [-0.4, -0.2) is 46.5 Å². The van der Waals surface area contributed by atoms with Crippen molar-refractivity contribution in [2.45, 2.75) is 83.5 Å². The number of rotatable bonds is 5. The number of amides is 2. The van der Waals surface area contributed by atoms with Crippen molar-refractivity contribution in [2.75, 3.05) is 5.32 Å². The van der Waals surface area contributed by atoms with Crippen LogP contribution in [-0.2, 0) is 14.1 Å². The average Bonchev–Trinajstić information content (AvgIpc) is 2.85. The Kier molecular flexibility index (Phi) is 6.72. The van der Waals surface area contributed by atoms with Gasteiger partial charge in [0.2, 0.25) is 5.91 Å². The third-order valence-electron chi connectivity index (χ3n) is 6.50. The van der Waals surface area contributed by atoms with Crippen molar-refractivity contribution in [3.05, 3.63) is 18.3 Å². The Labute approximate surface area is 178 Å². The number of nitrogens with zero attached hydrogens (tertiary/aromatic N) is 1. The van der Waals surface area contributed by atoms with Crippen molar-refractivity contribution in [3.63, 3.8) is 0 Å². The molecular weight excluding hydrogens is 385 g/mol. The molecule has 1 saturated heterocycles. The summed E-state index contributed by atoms with van der Waals surface area (Å²) >= 11 is 0. The van der Waals surface area contributed by atoms with Crippen LogP contribution in [0.25, 0.3) is 0 Å². The first kappa shape index (κ1) is 22.6. The Bertz CT molecular complexity index is 744. The summed E-state index contributed by atoms with van der Waals surface area (Å²) in [5, 5.41) is 14.4. The molecule has 3 rings (SSSR count). The number of hydrogen-bond acceptors (Lipinski definition) is 5. The van der Waals surface area contributed by atoms with Gasteiger partial charge in [-0.25, -0.2) is 9.78 Å². The van der Waals surface area contributed by atoms with E-state index in [1.807, 2.05) is 27.7 Å². The van der Waals surface area contributed by atoms with Gasteiger partial charge in [0, 0.05) is 11.7 Å².